The molecular formula is C9H17Cl2NO. The Bertz CT molecular complexity index is 169. The summed E-state index contributed by atoms with van der Waals surface area (Å²) in [4.78, 5) is 11.0. The van der Waals surface area contributed by atoms with Crippen molar-refractivity contribution < 1.29 is 21.7 Å². The minimum atomic E-state index is 0. The SMILES string of the molecule is C=CC(=O)C[N+](C)(C)CCCCl.[Cl-]. The van der Waals surface area contributed by atoms with Crippen molar-refractivity contribution >= 4 is 17.4 Å². The highest BCUT2D eigenvalue weighted by atomic mass is 35.5. The Morgan fingerprint density at radius 2 is 2.08 bits per heavy atom. The van der Waals surface area contributed by atoms with E-state index in [1.54, 1.807) is 0 Å². The molecule has 0 N–H and O–H groups in total. The van der Waals surface area contributed by atoms with Crippen molar-refractivity contribution in [3.8, 4) is 0 Å². The van der Waals surface area contributed by atoms with Gasteiger partial charge in [-0.05, 0) is 6.08 Å². The van der Waals surface area contributed by atoms with Crippen molar-refractivity contribution in [2.75, 3.05) is 33.1 Å². The molecule has 4 heteroatoms. The van der Waals surface area contributed by atoms with Crippen LogP contribution in [-0.4, -0.2) is 43.3 Å². The zero-order chi connectivity index (χ0) is 9.61. The first-order chi connectivity index (χ1) is 5.52. The molecule has 0 aromatic carbocycles. The van der Waals surface area contributed by atoms with Crippen LogP contribution in [0, 0.1) is 0 Å². The van der Waals surface area contributed by atoms with Crippen LogP contribution in [-0.2, 0) is 4.79 Å². The van der Waals surface area contributed by atoms with Gasteiger partial charge in [-0.2, -0.15) is 0 Å². The molecule has 2 nitrogen and oxygen atoms in total. The lowest BCUT2D eigenvalue weighted by atomic mass is 10.3. The number of quaternary nitrogens is 1. The number of ketones is 1. The molecule has 0 saturated carbocycles. The summed E-state index contributed by atoms with van der Waals surface area (Å²) in [6.07, 6.45) is 2.32. The molecule has 0 unspecified atom stereocenters. The highest BCUT2D eigenvalue weighted by molar-refractivity contribution is 6.17. The second-order valence-corrected chi connectivity index (χ2v) is 3.91. The third-order valence-electron chi connectivity index (χ3n) is 1.71. The summed E-state index contributed by atoms with van der Waals surface area (Å²) < 4.78 is 0.692. The van der Waals surface area contributed by atoms with Gasteiger partial charge in [-0.15, -0.1) is 11.6 Å². The van der Waals surface area contributed by atoms with Crippen LogP contribution in [0.15, 0.2) is 12.7 Å². The molecule has 0 heterocycles. The van der Waals surface area contributed by atoms with E-state index in [1.165, 1.54) is 6.08 Å². The molecule has 0 bridgehead atoms. The summed E-state index contributed by atoms with van der Waals surface area (Å²) >= 11 is 5.56. The van der Waals surface area contributed by atoms with E-state index in [9.17, 15) is 4.79 Å². The normalized spacial score (nSPS) is 10.4. The van der Waals surface area contributed by atoms with Crippen LogP contribution < -0.4 is 12.4 Å². The summed E-state index contributed by atoms with van der Waals surface area (Å²) in [5.74, 6) is 0.749. The number of hydrogen-bond acceptors (Lipinski definition) is 1. The third kappa shape index (κ3) is 8.28. The predicted octanol–water partition coefficient (Wildman–Crippen LogP) is -1.55. The van der Waals surface area contributed by atoms with Crippen molar-refractivity contribution in [1.29, 1.82) is 0 Å². The lowest BCUT2D eigenvalue weighted by Gasteiger charge is -2.28. The Morgan fingerprint density at radius 1 is 1.54 bits per heavy atom. The maximum atomic E-state index is 11.0. The van der Waals surface area contributed by atoms with Crippen LogP contribution in [0.5, 0.6) is 0 Å². The van der Waals surface area contributed by atoms with Gasteiger partial charge < -0.3 is 16.9 Å². The average Bonchev–Trinajstić information content (AvgIpc) is 2.00. The highest BCUT2D eigenvalue weighted by Gasteiger charge is 2.16. The summed E-state index contributed by atoms with van der Waals surface area (Å²) in [5.41, 5.74) is 0. The number of nitrogens with zero attached hydrogens (tertiary/aromatic N) is 1. The number of likely N-dealkylation sites (N-methyl/N-ethyl adjacent to an activating group) is 1. The Morgan fingerprint density at radius 3 is 2.46 bits per heavy atom. The molecule has 0 radical (unpaired) electrons. The van der Waals surface area contributed by atoms with Gasteiger partial charge in [0.1, 0.15) is 6.54 Å². The van der Waals surface area contributed by atoms with E-state index < -0.39 is 0 Å². The van der Waals surface area contributed by atoms with E-state index in [0.29, 0.717) is 16.9 Å². The van der Waals surface area contributed by atoms with Gasteiger partial charge in [0.05, 0.1) is 20.6 Å². The fourth-order valence-corrected chi connectivity index (χ4v) is 1.17. The highest BCUT2D eigenvalue weighted by Crippen LogP contribution is 2.00. The topological polar surface area (TPSA) is 17.1 Å². The Kier molecular flexibility index (Phi) is 8.74. The van der Waals surface area contributed by atoms with E-state index >= 15 is 0 Å². The first kappa shape index (κ1) is 15.4. The third-order valence-corrected chi connectivity index (χ3v) is 1.98. The minimum absolute atomic E-state index is 0. The number of carbonyl (C=O) groups is 1. The van der Waals surface area contributed by atoms with Gasteiger partial charge in [0, 0.05) is 12.3 Å². The Labute approximate surface area is 91.6 Å². The zero-order valence-electron chi connectivity index (χ0n) is 8.22. The molecule has 0 aromatic heterocycles. The standard InChI is InChI=1S/C9H17ClNO.ClH/c1-4-9(12)8-11(2,3)7-5-6-10;/h4H,1,5-8H2,2-3H3;1H/q+1;/p-1. The number of rotatable bonds is 6. The molecule has 78 valence electrons. The van der Waals surface area contributed by atoms with Crippen LogP contribution in [0.1, 0.15) is 6.42 Å². The maximum Gasteiger partial charge on any atom is 0.209 e. The number of halogens is 2. The molecule has 0 atom stereocenters. The van der Waals surface area contributed by atoms with Crippen molar-refractivity contribution in [3.05, 3.63) is 12.7 Å². The van der Waals surface area contributed by atoms with E-state index in [2.05, 4.69) is 6.58 Å². The van der Waals surface area contributed by atoms with Gasteiger partial charge >= 0.3 is 0 Å². The Hall–Kier alpha value is -0.0500. The van der Waals surface area contributed by atoms with E-state index in [1.807, 2.05) is 14.1 Å². The minimum Gasteiger partial charge on any atom is -1.00 e. The average molecular weight is 226 g/mol. The van der Waals surface area contributed by atoms with Crippen LogP contribution >= 0.6 is 11.6 Å². The number of carbonyl (C=O) groups excluding carboxylic acids is 1. The van der Waals surface area contributed by atoms with Gasteiger partial charge in [0.25, 0.3) is 0 Å². The molecule has 13 heavy (non-hydrogen) atoms. The quantitative estimate of drug-likeness (QED) is 0.304. The molecule has 0 amide bonds. The second kappa shape index (κ2) is 7.36. The smallest absolute Gasteiger partial charge is 0.209 e. The van der Waals surface area contributed by atoms with Gasteiger partial charge in [-0.25, -0.2) is 0 Å². The fourth-order valence-electron chi connectivity index (χ4n) is 1.05. The van der Waals surface area contributed by atoms with Gasteiger partial charge in [-0.3, -0.25) is 4.79 Å². The van der Waals surface area contributed by atoms with Gasteiger partial charge in [0.2, 0.25) is 5.78 Å². The van der Waals surface area contributed by atoms with E-state index in [0.717, 1.165) is 13.0 Å². The van der Waals surface area contributed by atoms with E-state index in [-0.39, 0.29) is 18.2 Å². The van der Waals surface area contributed by atoms with Crippen LogP contribution in [0.25, 0.3) is 0 Å². The second-order valence-electron chi connectivity index (χ2n) is 3.53. The summed E-state index contributed by atoms with van der Waals surface area (Å²) in [6, 6.07) is 0. The molecule has 0 aliphatic rings. The molecule has 0 fully saturated rings. The fraction of sp³-hybridized carbons (Fsp3) is 0.667. The van der Waals surface area contributed by atoms with Crippen molar-refractivity contribution in [2.24, 2.45) is 0 Å². The van der Waals surface area contributed by atoms with Gasteiger partial charge in [-0.1, -0.05) is 6.58 Å². The molecule has 0 spiro atoms. The van der Waals surface area contributed by atoms with Crippen molar-refractivity contribution in [1.82, 2.24) is 0 Å². The summed E-state index contributed by atoms with van der Waals surface area (Å²) in [7, 11) is 4.04. The number of alkyl halides is 1. The Balaban J connectivity index is 0. The zero-order valence-corrected chi connectivity index (χ0v) is 9.74. The molecular weight excluding hydrogens is 209 g/mol. The first-order valence-electron chi connectivity index (χ1n) is 4.05. The lowest BCUT2D eigenvalue weighted by Crippen LogP contribution is -3.00. The number of hydrogen-bond donors (Lipinski definition) is 0. The molecule has 0 saturated heterocycles. The largest absolute Gasteiger partial charge is 1.00 e. The maximum absolute atomic E-state index is 11.0. The van der Waals surface area contributed by atoms with Crippen LogP contribution in [0.3, 0.4) is 0 Å². The lowest BCUT2D eigenvalue weighted by molar-refractivity contribution is -0.882. The van der Waals surface area contributed by atoms with Gasteiger partial charge in [0.15, 0.2) is 0 Å². The summed E-state index contributed by atoms with van der Waals surface area (Å²) in [6.45, 7) is 4.89. The first-order valence-corrected chi connectivity index (χ1v) is 4.58. The molecule has 0 aliphatic heterocycles. The monoisotopic (exact) mass is 225 g/mol. The molecule has 0 aromatic rings. The van der Waals surface area contributed by atoms with Crippen LogP contribution in [0.4, 0.5) is 0 Å². The van der Waals surface area contributed by atoms with Crippen molar-refractivity contribution in [2.45, 2.75) is 6.42 Å². The molecule has 0 aliphatic carbocycles. The van der Waals surface area contributed by atoms with E-state index in [4.69, 9.17) is 11.6 Å². The molecule has 0 rings (SSSR count). The predicted molar refractivity (Wildman–Crippen MR) is 52.4 cm³/mol. The van der Waals surface area contributed by atoms with Crippen molar-refractivity contribution in [3.63, 3.8) is 0 Å². The van der Waals surface area contributed by atoms with Crippen LogP contribution in [0.2, 0.25) is 0 Å². The summed E-state index contributed by atoms with van der Waals surface area (Å²) in [5, 5.41) is 0.